The smallest absolute Gasteiger partial charge is 0.249 e. The minimum absolute atomic E-state index is 0.0361. The van der Waals surface area contributed by atoms with Gasteiger partial charge in [0, 0.05) is 48.1 Å². The van der Waals surface area contributed by atoms with Crippen molar-refractivity contribution in [2.45, 2.75) is 129 Å². The maximum atomic E-state index is 15.0. The first-order valence-corrected chi connectivity index (χ1v) is 18.8. The number of benzene rings is 1. The summed E-state index contributed by atoms with van der Waals surface area (Å²) in [5.74, 6) is -0.821. The number of phenols is 1. The molecule has 8 nitrogen and oxygen atoms in total. The van der Waals surface area contributed by atoms with Gasteiger partial charge in [-0.1, -0.05) is 35.5 Å². The number of rotatable bonds is 8. The summed E-state index contributed by atoms with van der Waals surface area (Å²) in [5, 5.41) is 11.9. The average Bonchev–Trinajstić information content (AvgIpc) is 3.23. The lowest BCUT2D eigenvalue weighted by molar-refractivity contribution is -0.171. The highest BCUT2D eigenvalue weighted by Gasteiger charge is 2.81. The Bertz CT molecular complexity index is 1860. The Hall–Kier alpha value is -3.91. The molecule has 1 aromatic rings. The fraction of sp³-hybridized carbons (Fsp3) is 0.558. The number of phenolic OH excluding ortho intramolecular Hbond substituents is 1. The monoisotopic (exact) mass is 695 g/mol. The van der Waals surface area contributed by atoms with Gasteiger partial charge in [0.1, 0.15) is 28.4 Å². The van der Waals surface area contributed by atoms with Crippen molar-refractivity contribution in [2.75, 3.05) is 13.1 Å². The third-order valence-electron chi connectivity index (χ3n) is 12.1. The lowest BCUT2D eigenvalue weighted by Crippen LogP contribution is -2.72. The molecule has 8 rings (SSSR count). The van der Waals surface area contributed by atoms with Gasteiger partial charge in [-0.2, -0.15) is 0 Å². The molecule has 8 heteroatoms. The highest BCUT2D eigenvalue weighted by Crippen LogP contribution is 2.68. The van der Waals surface area contributed by atoms with E-state index in [9.17, 15) is 19.5 Å². The predicted octanol–water partition coefficient (Wildman–Crippen LogP) is 8.17. The summed E-state index contributed by atoms with van der Waals surface area (Å²) in [4.78, 5) is 45.0. The van der Waals surface area contributed by atoms with Gasteiger partial charge < -0.3 is 24.2 Å². The summed E-state index contributed by atoms with van der Waals surface area (Å²) in [6.07, 6.45) is 17.3. The van der Waals surface area contributed by atoms with E-state index in [0.29, 0.717) is 40.9 Å². The zero-order valence-electron chi connectivity index (χ0n) is 31.5. The topological polar surface area (TPSA) is 102 Å². The van der Waals surface area contributed by atoms with Crippen molar-refractivity contribution in [1.29, 1.82) is 0 Å². The molecule has 1 amide bonds. The number of piperidine rings is 1. The van der Waals surface area contributed by atoms with E-state index in [1.165, 1.54) is 5.57 Å². The highest BCUT2D eigenvalue weighted by atomic mass is 16.6. The highest BCUT2D eigenvalue weighted by molar-refractivity contribution is 6.19. The molecule has 51 heavy (non-hydrogen) atoms. The Labute approximate surface area is 302 Å². The Morgan fingerprint density at radius 3 is 2.35 bits per heavy atom. The molecular weight excluding hydrogens is 642 g/mol. The number of amides is 1. The second-order valence-corrected chi connectivity index (χ2v) is 16.8. The summed E-state index contributed by atoms with van der Waals surface area (Å²) in [6, 6.07) is 0. The minimum atomic E-state index is -1.54. The van der Waals surface area contributed by atoms with Gasteiger partial charge in [-0.05, 0) is 112 Å². The number of carbonyl (C=O) groups excluding carboxylic acids is 3. The molecule has 3 fully saturated rings. The van der Waals surface area contributed by atoms with Crippen LogP contribution in [0.4, 0.5) is 0 Å². The number of aromatic hydroxyl groups is 1. The summed E-state index contributed by atoms with van der Waals surface area (Å²) < 4.78 is 21.1. The van der Waals surface area contributed by atoms with Crippen LogP contribution in [-0.2, 0) is 20.7 Å². The van der Waals surface area contributed by atoms with Crippen LogP contribution in [0.3, 0.4) is 0 Å². The lowest BCUT2D eigenvalue weighted by atomic mass is 9.51. The zero-order valence-corrected chi connectivity index (χ0v) is 31.5. The molecule has 1 saturated carbocycles. The van der Waals surface area contributed by atoms with Crippen LogP contribution in [0.25, 0.3) is 6.08 Å². The number of carbonyl (C=O) groups is 3. The number of allylic oxidation sites excluding steroid dienone is 5. The summed E-state index contributed by atoms with van der Waals surface area (Å²) in [5.41, 5.74) is -0.00750. The molecule has 1 spiro atoms. The number of Topliss-reactive ketones (excluding diaryl/α,β-unsaturated/α-hetero) is 2. The van der Waals surface area contributed by atoms with E-state index in [1.807, 2.05) is 57.7 Å². The molecule has 7 aliphatic rings. The zero-order chi connectivity index (χ0) is 36.7. The maximum Gasteiger partial charge on any atom is 0.249 e. The molecule has 2 saturated heterocycles. The molecule has 4 heterocycles. The van der Waals surface area contributed by atoms with Crippen LogP contribution in [0.15, 0.2) is 52.7 Å². The van der Waals surface area contributed by atoms with Gasteiger partial charge in [-0.25, -0.2) is 0 Å². The van der Waals surface area contributed by atoms with E-state index in [2.05, 4.69) is 26.0 Å². The van der Waals surface area contributed by atoms with Gasteiger partial charge in [0.05, 0.1) is 11.2 Å². The van der Waals surface area contributed by atoms with E-state index in [1.54, 1.807) is 13.0 Å². The summed E-state index contributed by atoms with van der Waals surface area (Å²) >= 11 is 0. The van der Waals surface area contributed by atoms with Gasteiger partial charge in [0.15, 0.2) is 22.8 Å². The van der Waals surface area contributed by atoms with Gasteiger partial charge in [0.2, 0.25) is 5.91 Å². The number of ether oxygens (including phenoxy) is 3. The number of likely N-dealkylation sites (tertiary alicyclic amines) is 1. The van der Waals surface area contributed by atoms with Gasteiger partial charge >= 0.3 is 0 Å². The fourth-order valence-corrected chi connectivity index (χ4v) is 9.52. The first-order valence-electron chi connectivity index (χ1n) is 18.8. The van der Waals surface area contributed by atoms with Crippen LogP contribution in [0.1, 0.15) is 122 Å². The number of nitrogens with zero attached hydrogens (tertiary/aromatic N) is 1. The Balaban J connectivity index is 1.39. The largest absolute Gasteiger partial charge is 0.506 e. The van der Waals surface area contributed by atoms with Crippen molar-refractivity contribution in [1.82, 2.24) is 4.90 Å². The maximum absolute atomic E-state index is 15.0. The second kappa shape index (κ2) is 12.4. The van der Waals surface area contributed by atoms with Crippen molar-refractivity contribution in [3.8, 4) is 17.2 Å². The first kappa shape index (κ1) is 35.5. The average molecular weight is 696 g/mol. The molecule has 5 atom stereocenters. The third kappa shape index (κ3) is 5.38. The minimum Gasteiger partial charge on any atom is -0.506 e. The van der Waals surface area contributed by atoms with Crippen molar-refractivity contribution >= 4 is 23.5 Å². The molecule has 0 aromatic heterocycles. The van der Waals surface area contributed by atoms with Crippen molar-refractivity contribution < 1.29 is 33.7 Å². The van der Waals surface area contributed by atoms with E-state index >= 15 is 0 Å². The third-order valence-corrected chi connectivity index (χ3v) is 12.1. The van der Waals surface area contributed by atoms with E-state index in [0.717, 1.165) is 50.8 Å². The number of hydrogen-bond acceptors (Lipinski definition) is 7. The number of hydrogen-bond donors (Lipinski definition) is 1. The Morgan fingerprint density at radius 1 is 0.961 bits per heavy atom. The van der Waals surface area contributed by atoms with E-state index in [4.69, 9.17) is 14.2 Å². The molecule has 0 radical (unpaired) electrons. The number of fused-ring (bicyclic) bond motifs is 2. The van der Waals surface area contributed by atoms with Gasteiger partial charge in [-0.3, -0.25) is 14.4 Å². The van der Waals surface area contributed by atoms with E-state index < -0.39 is 28.3 Å². The molecule has 5 unspecified atom stereocenters. The normalized spacial score (nSPS) is 31.2. The van der Waals surface area contributed by atoms with Crippen LogP contribution < -0.4 is 9.47 Å². The quantitative estimate of drug-likeness (QED) is 0.216. The van der Waals surface area contributed by atoms with E-state index in [-0.39, 0.29) is 46.9 Å². The van der Waals surface area contributed by atoms with Crippen LogP contribution in [0.2, 0.25) is 0 Å². The molecule has 3 aliphatic carbocycles. The van der Waals surface area contributed by atoms with Crippen molar-refractivity contribution in [3.63, 3.8) is 0 Å². The lowest BCUT2D eigenvalue weighted by Gasteiger charge is -2.56. The van der Waals surface area contributed by atoms with Crippen molar-refractivity contribution in [2.24, 2.45) is 11.8 Å². The first-order chi connectivity index (χ1) is 24.0. The second-order valence-electron chi connectivity index (χ2n) is 16.8. The van der Waals surface area contributed by atoms with Gasteiger partial charge in [-0.15, -0.1) is 0 Å². The predicted molar refractivity (Wildman–Crippen MR) is 197 cm³/mol. The molecule has 4 bridgehead atoms. The molecule has 272 valence electrons. The molecular formula is C43H53NO7. The Morgan fingerprint density at radius 2 is 1.67 bits per heavy atom. The number of ketones is 2. The molecule has 1 aromatic carbocycles. The van der Waals surface area contributed by atoms with Crippen molar-refractivity contribution in [3.05, 3.63) is 69.4 Å². The summed E-state index contributed by atoms with van der Waals surface area (Å²) in [7, 11) is 0. The van der Waals surface area contributed by atoms with Crippen LogP contribution in [-0.4, -0.2) is 63.0 Å². The standard InChI is InChI=1S/C43H53NO7/c1-25(2)13-12-18-41(8)19-17-29-34(45)33-35(46)31-23-28-24-32-40(6,7)51-42(38(28)47,20-16-27(5)39(48)44-21-10-9-11-22-44)43(31,32)50-37(33)30(36(29)49-41)15-14-26(3)4/h13-14,16-17,19,23,28,32,45H,9-12,15,18,20-22,24H2,1-8H3/b27-16-. The Kier molecular flexibility index (Phi) is 8.60. The SMILES string of the molecule is CC(C)=CCCC1(C)C=Cc2c(O)c3c(c(CC=C(C)C)c2O1)OC12C(=CC4CC1C(C)(C)OC2(C/C=C(/C)C(=O)N1CCCCC1)C4=O)C3=O. The molecule has 4 aliphatic heterocycles. The van der Waals surface area contributed by atoms with Gasteiger partial charge in [0.25, 0.3) is 0 Å². The van der Waals surface area contributed by atoms with Crippen LogP contribution in [0, 0.1) is 11.8 Å². The fourth-order valence-electron chi connectivity index (χ4n) is 9.52. The molecule has 1 N–H and O–H groups in total. The van der Waals surface area contributed by atoms with Crippen LogP contribution in [0.5, 0.6) is 17.2 Å². The summed E-state index contributed by atoms with van der Waals surface area (Å²) in [6.45, 7) is 17.4. The van der Waals surface area contributed by atoms with Crippen LogP contribution >= 0.6 is 0 Å².